The Kier molecular flexibility index (Phi) is 35.3. The summed E-state index contributed by atoms with van der Waals surface area (Å²) in [6.45, 7) is 23.3. The Bertz CT molecular complexity index is 4310. The first kappa shape index (κ1) is 85.6. The highest BCUT2D eigenvalue weighted by Gasteiger charge is 2.42. The van der Waals surface area contributed by atoms with Crippen molar-refractivity contribution in [3.63, 3.8) is 0 Å². The Morgan fingerprint density at radius 1 is 0.324 bits per heavy atom. The molecular weight excluding hydrogens is 1440 g/mol. The molecule has 1 aliphatic carbocycles. The summed E-state index contributed by atoms with van der Waals surface area (Å²) in [6, 6.07) is 21.7. The Labute approximate surface area is 675 Å². The highest BCUT2D eigenvalue weighted by atomic mass is 32.1. The van der Waals surface area contributed by atoms with E-state index >= 15 is 14.4 Å². The number of hydrogen-bond donors (Lipinski definition) is 0. The fourth-order valence-corrected chi connectivity index (χ4v) is 24.2. The van der Waals surface area contributed by atoms with Crippen LogP contribution in [0.1, 0.15) is 384 Å². The average Bonchev–Trinajstić information content (AvgIpc) is 1.55. The van der Waals surface area contributed by atoms with Crippen LogP contribution >= 0.6 is 68.0 Å². The molecule has 0 saturated carbocycles. The van der Waals surface area contributed by atoms with Gasteiger partial charge in [0.15, 0.2) is 11.6 Å². The van der Waals surface area contributed by atoms with Gasteiger partial charge in [0.25, 0.3) is 0 Å². The molecule has 588 valence electrons. The summed E-state index contributed by atoms with van der Waals surface area (Å²) < 4.78 is 15.3. The van der Waals surface area contributed by atoms with Crippen LogP contribution in [0.3, 0.4) is 0 Å². The summed E-state index contributed by atoms with van der Waals surface area (Å²) in [5, 5.41) is 5.82. The maximum Gasteiger partial charge on any atom is 0.338 e. The van der Waals surface area contributed by atoms with Crippen LogP contribution in [-0.2, 0) is 22.3 Å². The zero-order valence-corrected chi connectivity index (χ0v) is 73.0. The topological polar surface area (TPSA) is 86.7 Å². The van der Waals surface area contributed by atoms with E-state index in [4.69, 9.17) is 9.47 Å². The van der Waals surface area contributed by atoms with Crippen LogP contribution in [0.25, 0.3) is 71.0 Å². The summed E-state index contributed by atoms with van der Waals surface area (Å²) >= 11 is 10.2. The van der Waals surface area contributed by atoms with Gasteiger partial charge in [-0.15, -0.1) is 68.0 Å². The van der Waals surface area contributed by atoms with Crippen LogP contribution in [-0.4, -0.2) is 36.7 Å². The van der Waals surface area contributed by atoms with Crippen molar-refractivity contribution < 1.29 is 28.7 Å². The second kappa shape index (κ2) is 44.6. The van der Waals surface area contributed by atoms with Crippen molar-refractivity contribution in [1.82, 2.24) is 0 Å². The molecule has 10 rings (SSSR count). The molecule has 6 nitrogen and oxygen atoms in total. The minimum atomic E-state index is -0.281. The molecule has 1 aliphatic rings. The molecule has 0 fully saturated rings. The van der Waals surface area contributed by atoms with Crippen LogP contribution in [0.5, 0.6) is 0 Å². The minimum Gasteiger partial charge on any atom is -0.462 e. The predicted molar refractivity (Wildman–Crippen MR) is 475 cm³/mol. The van der Waals surface area contributed by atoms with E-state index in [1.807, 2.05) is 0 Å². The standard InChI is InChI=1S/C96H132O6S6/c1-11-19-25-29-33-35-39-43-49-69(47-41-37-31-27-21-13-3)63-101-95(99)77-60-71-59-74-72(58-73(71)91-75(77)55-66(10)104-91)61-78(96(100)102-64-70(48-42-38-32-28-22-14-4)50-44-40-36-34-30-26-20-12-2)76-62-82(107-92(74)76)79-53-54-81(105-79)94-88-87(93(108-94)80-52-51-65(9)103-80)89(97)85-83(56-67(17-7)45-23-15-5)106-84(86(85)90(88)98)57-68(18-8)46-24-16-6/h51-55,58-62,67-70H,11-50,56-57,63-64H2,1-10H3. The monoisotopic (exact) mass is 1570 g/mol. The van der Waals surface area contributed by atoms with Gasteiger partial charge in [-0.2, -0.15) is 0 Å². The van der Waals surface area contributed by atoms with E-state index in [9.17, 15) is 4.79 Å². The van der Waals surface area contributed by atoms with E-state index in [-0.39, 0.29) is 23.5 Å². The molecule has 0 aliphatic heterocycles. The third-order valence-corrected chi connectivity index (χ3v) is 30.9. The summed E-state index contributed by atoms with van der Waals surface area (Å²) in [7, 11) is 0. The van der Waals surface area contributed by atoms with E-state index < -0.39 is 0 Å². The van der Waals surface area contributed by atoms with Crippen molar-refractivity contribution in [2.75, 3.05) is 13.2 Å². The lowest BCUT2D eigenvalue weighted by molar-refractivity contribution is 0.0416. The highest BCUT2D eigenvalue weighted by molar-refractivity contribution is 7.30. The van der Waals surface area contributed by atoms with Crippen molar-refractivity contribution in [3.8, 4) is 29.3 Å². The summed E-state index contributed by atoms with van der Waals surface area (Å²) in [5.41, 5.74) is 3.71. The number of thiophene rings is 6. The first-order valence-electron chi connectivity index (χ1n) is 43.5. The predicted octanol–water partition coefficient (Wildman–Crippen LogP) is 32.7. The SMILES string of the molecule is CCCCCCCCCCC(CCCCCCCC)COC(=O)c1cc2cc3c(cc(C(=O)OCC(CCCCCCCC)CCCCCCCCCC)c4cc(-c5ccc(-c6sc(-c7ccc(C)s7)c7c6C(=O)c6c(CC(CC)CCCC)sc(CC(CC)CCCC)c6C7=O)s5)sc43)cc2c2sc(C)cc12. The molecule has 0 spiro atoms. The lowest BCUT2D eigenvalue weighted by Gasteiger charge is -2.19. The molecule has 4 unspecified atom stereocenters. The molecule has 4 atom stereocenters. The molecule has 6 aromatic heterocycles. The molecule has 0 N–H and O–H groups in total. The summed E-state index contributed by atoms with van der Waals surface area (Å²) in [4.78, 5) is 72.7. The molecule has 0 amide bonds. The number of carbonyl (C=O) groups is 4. The fourth-order valence-electron chi connectivity index (χ4n) is 16.9. The van der Waals surface area contributed by atoms with Crippen LogP contribution in [0.15, 0.2) is 60.7 Å². The van der Waals surface area contributed by atoms with Gasteiger partial charge in [0.05, 0.1) is 45.2 Å². The van der Waals surface area contributed by atoms with Gasteiger partial charge in [-0.1, -0.05) is 287 Å². The van der Waals surface area contributed by atoms with Gasteiger partial charge in [-0.05, 0) is 147 Å². The number of carbonyl (C=O) groups excluding carboxylic acids is 4. The van der Waals surface area contributed by atoms with Crippen molar-refractivity contribution in [1.29, 1.82) is 0 Å². The zero-order valence-electron chi connectivity index (χ0n) is 68.1. The fraction of sp³-hybridized carbons (Fsp3) is 0.604. The second-order valence-corrected chi connectivity index (χ2v) is 39.2. The highest BCUT2D eigenvalue weighted by Crippen LogP contribution is 2.54. The molecule has 9 aromatic rings. The number of fused-ring (bicyclic) bond motifs is 8. The number of hydrogen-bond acceptors (Lipinski definition) is 12. The molecule has 0 radical (unpaired) electrons. The first-order valence-corrected chi connectivity index (χ1v) is 48.4. The quantitative estimate of drug-likeness (QED) is 0.0214. The van der Waals surface area contributed by atoms with E-state index in [0.29, 0.717) is 70.3 Å². The van der Waals surface area contributed by atoms with Gasteiger partial charge < -0.3 is 9.47 Å². The molecule has 108 heavy (non-hydrogen) atoms. The van der Waals surface area contributed by atoms with Crippen LogP contribution < -0.4 is 0 Å². The van der Waals surface area contributed by atoms with E-state index in [1.54, 1.807) is 68.0 Å². The van der Waals surface area contributed by atoms with Crippen molar-refractivity contribution in [2.45, 2.75) is 339 Å². The van der Waals surface area contributed by atoms with Crippen LogP contribution in [0.2, 0.25) is 0 Å². The molecule has 0 bridgehead atoms. The second-order valence-electron chi connectivity index (χ2n) is 32.3. The van der Waals surface area contributed by atoms with E-state index in [0.717, 1.165) is 188 Å². The first-order chi connectivity index (χ1) is 52.8. The number of esters is 2. The van der Waals surface area contributed by atoms with Crippen LogP contribution in [0.4, 0.5) is 0 Å². The zero-order chi connectivity index (χ0) is 76.3. The number of rotatable bonds is 53. The van der Waals surface area contributed by atoms with Crippen molar-refractivity contribution in [2.24, 2.45) is 23.7 Å². The minimum absolute atomic E-state index is 0.00805. The number of ether oxygens (including phenoxy) is 2. The maximum atomic E-state index is 16.1. The number of benzene rings is 3. The molecule has 12 heteroatoms. The maximum absolute atomic E-state index is 16.1. The van der Waals surface area contributed by atoms with Gasteiger partial charge in [0, 0.05) is 81.1 Å². The third-order valence-electron chi connectivity index (χ3n) is 23.6. The Hall–Kier alpha value is -4.82. The van der Waals surface area contributed by atoms with Crippen molar-refractivity contribution >= 4 is 133 Å². The van der Waals surface area contributed by atoms with Crippen LogP contribution in [0, 0.1) is 37.5 Å². The largest absolute Gasteiger partial charge is 0.462 e. The molecule has 3 aromatic carbocycles. The van der Waals surface area contributed by atoms with Gasteiger partial charge >= 0.3 is 11.9 Å². The lowest BCUT2D eigenvalue weighted by Crippen LogP contribution is -2.22. The smallest absolute Gasteiger partial charge is 0.338 e. The van der Waals surface area contributed by atoms with Gasteiger partial charge in [0.2, 0.25) is 0 Å². The normalized spacial score (nSPS) is 13.6. The Morgan fingerprint density at radius 2 is 0.694 bits per heavy atom. The van der Waals surface area contributed by atoms with E-state index in [1.165, 1.54) is 172 Å². The number of aryl methyl sites for hydroxylation is 2. The molecule has 0 saturated heterocycles. The summed E-state index contributed by atoms with van der Waals surface area (Å²) in [6.07, 6.45) is 50.3. The van der Waals surface area contributed by atoms with E-state index in [2.05, 4.69) is 130 Å². The van der Waals surface area contributed by atoms with Crippen molar-refractivity contribution in [3.05, 3.63) is 114 Å². The number of unbranched alkanes of at least 4 members (excludes halogenated alkanes) is 26. The summed E-state index contributed by atoms with van der Waals surface area (Å²) in [5.74, 6) is 1.03. The Morgan fingerprint density at radius 3 is 1.10 bits per heavy atom. The van der Waals surface area contributed by atoms with Gasteiger partial charge in [-0.3, -0.25) is 9.59 Å². The Balaban J connectivity index is 1.04. The van der Waals surface area contributed by atoms with Gasteiger partial charge in [0.1, 0.15) is 0 Å². The molecule has 6 heterocycles. The third kappa shape index (κ3) is 22.8. The van der Waals surface area contributed by atoms with Gasteiger partial charge in [-0.25, -0.2) is 9.59 Å². The average molecular weight is 1570 g/mol. The molecular formula is C96H132O6S6. The lowest BCUT2D eigenvalue weighted by atomic mass is 9.81. The number of ketones is 2.